The van der Waals surface area contributed by atoms with Crippen molar-refractivity contribution in [3.8, 4) is 0 Å². The van der Waals surface area contributed by atoms with Crippen molar-refractivity contribution in [1.29, 1.82) is 0 Å². The molecule has 7 heteroatoms. The number of rotatable bonds is 5. The first-order chi connectivity index (χ1) is 6.22. The topological polar surface area (TPSA) is 118 Å². The largest absolute Gasteiger partial charge is 0.346 e. The Morgan fingerprint density at radius 3 is 2.33 bits per heavy atom. The fourth-order valence-electron chi connectivity index (χ4n) is 0.978. The molecular weight excluding hydrogens is 220 g/mol. The second kappa shape index (κ2) is 5.84. The molecule has 0 radical (unpaired) electrons. The molecule has 0 saturated carbocycles. The van der Waals surface area contributed by atoms with Crippen LogP contribution in [0.2, 0.25) is 0 Å². The highest BCUT2D eigenvalue weighted by atomic mass is 32.2. The molecule has 0 aromatic rings. The first-order valence-electron chi connectivity index (χ1n) is 4.12. The Kier molecular flexibility index (Phi) is 6.43. The summed E-state index contributed by atoms with van der Waals surface area (Å²) in [6.45, 7) is 6.51. The van der Waals surface area contributed by atoms with Crippen LogP contribution in [0, 0.1) is 0 Å². The molecule has 0 aliphatic carbocycles. The van der Waals surface area contributed by atoms with Crippen molar-refractivity contribution >= 4 is 16.0 Å². The normalized spacial score (nSPS) is 14.6. The van der Waals surface area contributed by atoms with Crippen LogP contribution in [-0.4, -0.2) is 30.2 Å². The van der Waals surface area contributed by atoms with E-state index in [1.54, 1.807) is 13.8 Å². The van der Waals surface area contributed by atoms with Crippen molar-refractivity contribution < 1.29 is 17.8 Å². The average Bonchev–Trinajstić information content (AvgIpc) is 2.00. The highest BCUT2D eigenvalue weighted by molar-refractivity contribution is 7.85. The summed E-state index contributed by atoms with van der Waals surface area (Å²) in [5.41, 5.74) is -0.959. The van der Waals surface area contributed by atoms with Gasteiger partial charge in [0, 0.05) is 0 Å². The Labute approximate surface area is 90.1 Å². The quantitative estimate of drug-likeness (QED) is 0.476. The Morgan fingerprint density at radius 1 is 1.60 bits per heavy atom. The Morgan fingerprint density at radius 2 is 2.07 bits per heavy atom. The molecule has 0 aliphatic rings. The van der Waals surface area contributed by atoms with Gasteiger partial charge in [-0.05, 0) is 19.4 Å². The Bertz CT molecular complexity index is 326. The van der Waals surface area contributed by atoms with E-state index >= 15 is 0 Å². The van der Waals surface area contributed by atoms with Crippen LogP contribution in [0.5, 0.6) is 0 Å². The lowest BCUT2D eigenvalue weighted by molar-refractivity contribution is -0.117. The van der Waals surface area contributed by atoms with Crippen molar-refractivity contribution in [2.75, 3.05) is 5.75 Å². The third-order valence-electron chi connectivity index (χ3n) is 1.89. The summed E-state index contributed by atoms with van der Waals surface area (Å²) in [6.07, 6.45) is 1.45. The highest BCUT2D eigenvalue weighted by Crippen LogP contribution is 2.11. The fourth-order valence-corrected chi connectivity index (χ4v) is 2.06. The molecule has 0 aliphatic heterocycles. The van der Waals surface area contributed by atoms with Crippen LogP contribution in [0.3, 0.4) is 0 Å². The molecule has 0 saturated heterocycles. The zero-order chi connectivity index (χ0) is 11.4. The number of hydrogen-bond acceptors (Lipinski definition) is 4. The number of carbonyl (C=O) groups excluding carboxylic acids is 1. The van der Waals surface area contributed by atoms with Gasteiger partial charge in [0.2, 0.25) is 5.91 Å². The van der Waals surface area contributed by atoms with Gasteiger partial charge in [0.1, 0.15) is 0 Å². The van der Waals surface area contributed by atoms with Gasteiger partial charge < -0.3 is 11.5 Å². The van der Waals surface area contributed by atoms with E-state index in [-0.39, 0.29) is 6.15 Å². The lowest BCUT2D eigenvalue weighted by atomic mass is 10.0. The number of amides is 1. The first kappa shape index (κ1) is 16.5. The summed E-state index contributed by atoms with van der Waals surface area (Å²) in [4.78, 5) is 11.0. The van der Waals surface area contributed by atoms with Crippen molar-refractivity contribution in [3.63, 3.8) is 0 Å². The smallest absolute Gasteiger partial charge is 0.267 e. The zero-order valence-electron chi connectivity index (χ0n) is 8.99. The molecule has 6 nitrogen and oxygen atoms in total. The van der Waals surface area contributed by atoms with Crippen LogP contribution in [0.25, 0.3) is 0 Å². The van der Waals surface area contributed by atoms with Gasteiger partial charge in [-0.1, -0.05) is 13.5 Å². The summed E-state index contributed by atoms with van der Waals surface area (Å²) < 4.78 is 30.0. The van der Waals surface area contributed by atoms with Crippen LogP contribution in [0.15, 0.2) is 12.7 Å². The number of nitrogens with one attached hydrogen (secondary N) is 1. The molecule has 0 fully saturated rings. The van der Waals surface area contributed by atoms with Crippen LogP contribution in [0.1, 0.15) is 20.3 Å². The van der Waals surface area contributed by atoms with Crippen molar-refractivity contribution in [2.45, 2.75) is 25.8 Å². The monoisotopic (exact) mass is 238 g/mol. The average molecular weight is 238 g/mol. The third-order valence-corrected chi connectivity index (χ3v) is 2.89. The van der Waals surface area contributed by atoms with E-state index in [0.717, 1.165) is 6.08 Å². The van der Waals surface area contributed by atoms with Crippen molar-refractivity contribution in [3.05, 3.63) is 12.7 Å². The predicted octanol–water partition coefficient (Wildman–Crippen LogP) is 0.507. The summed E-state index contributed by atoms with van der Waals surface area (Å²) in [5, 5.41) is 2.45. The third kappa shape index (κ3) is 7.06. The molecule has 90 valence electrons. The number of carbonyl (C=O) groups is 1. The maximum atomic E-state index is 11.0. The zero-order valence-corrected chi connectivity index (χ0v) is 9.80. The van der Waals surface area contributed by atoms with E-state index in [0.29, 0.717) is 6.42 Å². The second-order valence-electron chi connectivity index (χ2n) is 3.33. The van der Waals surface area contributed by atoms with Crippen LogP contribution in [-0.2, 0) is 14.9 Å². The minimum atomic E-state index is -4.10. The standard InChI is InChI=1S/C8H15NO4S.H3N/c1-4-7(10)9-8(3,5-2)6-14(11,12)13;/h4H,1,5-6H2,2-3H3,(H,9,10)(H,11,12,13);1H3. The molecule has 1 unspecified atom stereocenters. The molecule has 1 atom stereocenters. The Balaban J connectivity index is 0. The van der Waals surface area contributed by atoms with E-state index in [1.165, 1.54) is 0 Å². The Hall–Kier alpha value is -0.920. The molecule has 0 aromatic heterocycles. The molecule has 0 bridgehead atoms. The molecule has 15 heavy (non-hydrogen) atoms. The van der Waals surface area contributed by atoms with Gasteiger partial charge in [0.05, 0.1) is 11.3 Å². The van der Waals surface area contributed by atoms with Crippen LogP contribution >= 0.6 is 0 Å². The SMILES string of the molecule is C=CC(=O)NC(C)(CC)CS(=O)(=O)O.N. The molecule has 1 amide bonds. The molecule has 0 heterocycles. The summed E-state index contributed by atoms with van der Waals surface area (Å²) in [5.74, 6) is -0.964. The van der Waals surface area contributed by atoms with Gasteiger partial charge in [-0.25, -0.2) is 0 Å². The summed E-state index contributed by atoms with van der Waals surface area (Å²) in [6, 6.07) is 0. The summed E-state index contributed by atoms with van der Waals surface area (Å²) >= 11 is 0. The van der Waals surface area contributed by atoms with Crippen molar-refractivity contribution in [1.82, 2.24) is 11.5 Å². The second-order valence-corrected chi connectivity index (χ2v) is 4.79. The van der Waals surface area contributed by atoms with Crippen LogP contribution < -0.4 is 11.5 Å². The van der Waals surface area contributed by atoms with Gasteiger partial charge in [-0.2, -0.15) is 8.42 Å². The molecule has 0 rings (SSSR count). The van der Waals surface area contributed by atoms with Gasteiger partial charge in [0.25, 0.3) is 10.1 Å². The van der Waals surface area contributed by atoms with E-state index in [9.17, 15) is 13.2 Å². The van der Waals surface area contributed by atoms with Gasteiger partial charge in [-0.15, -0.1) is 0 Å². The van der Waals surface area contributed by atoms with Crippen molar-refractivity contribution in [2.24, 2.45) is 0 Å². The maximum absolute atomic E-state index is 11.0. The first-order valence-corrected chi connectivity index (χ1v) is 5.73. The van der Waals surface area contributed by atoms with E-state index in [4.69, 9.17) is 4.55 Å². The molecule has 0 aromatic carbocycles. The van der Waals surface area contributed by atoms with Gasteiger partial charge in [-0.3, -0.25) is 9.35 Å². The fraction of sp³-hybridized carbons (Fsp3) is 0.625. The lowest BCUT2D eigenvalue weighted by Crippen LogP contribution is -2.49. The molecule has 5 N–H and O–H groups in total. The number of hydrogen-bond donors (Lipinski definition) is 3. The highest BCUT2D eigenvalue weighted by Gasteiger charge is 2.29. The maximum Gasteiger partial charge on any atom is 0.267 e. The minimum absolute atomic E-state index is 0. The van der Waals surface area contributed by atoms with E-state index in [1.807, 2.05) is 0 Å². The minimum Gasteiger partial charge on any atom is -0.346 e. The van der Waals surface area contributed by atoms with E-state index < -0.39 is 27.3 Å². The van der Waals surface area contributed by atoms with Gasteiger partial charge >= 0.3 is 0 Å². The van der Waals surface area contributed by atoms with Crippen LogP contribution in [0.4, 0.5) is 0 Å². The van der Waals surface area contributed by atoms with Gasteiger partial charge in [0.15, 0.2) is 0 Å². The lowest BCUT2D eigenvalue weighted by Gasteiger charge is -2.27. The summed E-state index contributed by atoms with van der Waals surface area (Å²) in [7, 11) is -4.10. The van der Waals surface area contributed by atoms with E-state index in [2.05, 4.69) is 11.9 Å². The molecular formula is C8H18N2O4S. The predicted molar refractivity (Wildman–Crippen MR) is 58.5 cm³/mol. The molecule has 0 spiro atoms.